The Morgan fingerprint density at radius 2 is 2.09 bits per heavy atom. The fourth-order valence-corrected chi connectivity index (χ4v) is 3.36. The van der Waals surface area contributed by atoms with Gasteiger partial charge in [0.25, 0.3) is 5.92 Å². The molecule has 0 saturated carbocycles. The van der Waals surface area contributed by atoms with Crippen LogP contribution in [-0.2, 0) is 16.1 Å². The Morgan fingerprint density at radius 1 is 1.41 bits per heavy atom. The largest absolute Gasteiger partial charge is 0.377 e. The molecule has 0 radical (unpaired) electrons. The second-order valence-corrected chi connectivity index (χ2v) is 6.44. The molecule has 2 aliphatic rings. The van der Waals surface area contributed by atoms with Gasteiger partial charge in [0.15, 0.2) is 5.82 Å². The van der Waals surface area contributed by atoms with Crippen molar-refractivity contribution in [2.24, 2.45) is 5.92 Å². The van der Waals surface area contributed by atoms with Gasteiger partial charge in [-0.25, -0.2) is 13.8 Å². The summed E-state index contributed by atoms with van der Waals surface area (Å²) in [4.78, 5) is 20.2. The molecule has 0 unspecified atom stereocenters. The zero-order valence-electron chi connectivity index (χ0n) is 12.3. The minimum Gasteiger partial charge on any atom is -0.377 e. The van der Waals surface area contributed by atoms with Crippen LogP contribution in [0.5, 0.6) is 0 Å². The molecule has 6 nitrogen and oxygen atoms in total. The minimum absolute atomic E-state index is 0.0200. The van der Waals surface area contributed by atoms with Crippen molar-refractivity contribution < 1.29 is 18.3 Å². The highest BCUT2D eigenvalue weighted by atomic mass is 32.1. The van der Waals surface area contributed by atoms with E-state index in [0.29, 0.717) is 25.5 Å². The summed E-state index contributed by atoms with van der Waals surface area (Å²) in [5.74, 6) is -2.13. The molecule has 0 bridgehead atoms. The van der Waals surface area contributed by atoms with Crippen LogP contribution >= 0.6 is 11.5 Å². The number of piperidine rings is 1. The number of methoxy groups -OCH3 is 1. The number of hydrogen-bond donors (Lipinski definition) is 0. The molecule has 1 amide bonds. The minimum atomic E-state index is -2.62. The molecule has 122 valence electrons. The van der Waals surface area contributed by atoms with E-state index in [9.17, 15) is 13.6 Å². The SMILES string of the molecule is COCc1nsc(N2CC(C(=O)N3CCC(F)(F)CC3)C2)n1. The van der Waals surface area contributed by atoms with Gasteiger partial charge in [0.1, 0.15) is 6.61 Å². The summed E-state index contributed by atoms with van der Waals surface area (Å²) in [5.41, 5.74) is 0. The number of aromatic nitrogens is 2. The van der Waals surface area contributed by atoms with Crippen LogP contribution in [0.2, 0.25) is 0 Å². The third-order valence-electron chi connectivity index (χ3n) is 4.04. The van der Waals surface area contributed by atoms with Crippen molar-refractivity contribution in [3.63, 3.8) is 0 Å². The van der Waals surface area contributed by atoms with Crippen molar-refractivity contribution >= 4 is 22.6 Å². The molecule has 0 aromatic carbocycles. The highest BCUT2D eigenvalue weighted by Crippen LogP contribution is 2.31. The van der Waals surface area contributed by atoms with E-state index in [1.165, 1.54) is 11.5 Å². The van der Waals surface area contributed by atoms with Gasteiger partial charge in [0.2, 0.25) is 11.0 Å². The lowest BCUT2D eigenvalue weighted by atomic mass is 9.97. The van der Waals surface area contributed by atoms with Crippen molar-refractivity contribution in [3.05, 3.63) is 5.82 Å². The molecule has 0 N–H and O–H groups in total. The predicted octanol–water partition coefficient (Wildman–Crippen LogP) is 1.38. The lowest BCUT2D eigenvalue weighted by molar-refractivity contribution is -0.142. The number of nitrogens with zero attached hydrogens (tertiary/aromatic N) is 4. The molecule has 3 heterocycles. The number of anilines is 1. The lowest BCUT2D eigenvalue weighted by Gasteiger charge is -2.41. The van der Waals surface area contributed by atoms with Crippen LogP contribution in [0, 0.1) is 5.92 Å². The molecule has 1 aromatic heterocycles. The number of hydrogen-bond acceptors (Lipinski definition) is 6. The summed E-state index contributed by atoms with van der Waals surface area (Å²) < 4.78 is 35.4. The predicted molar refractivity (Wildman–Crippen MR) is 77.1 cm³/mol. The van der Waals surface area contributed by atoms with Crippen LogP contribution < -0.4 is 4.90 Å². The Labute approximate surface area is 131 Å². The molecule has 2 aliphatic heterocycles. The van der Waals surface area contributed by atoms with Crippen LogP contribution in [-0.4, -0.2) is 59.4 Å². The van der Waals surface area contributed by atoms with Crippen molar-refractivity contribution in [1.29, 1.82) is 0 Å². The number of rotatable bonds is 4. The van der Waals surface area contributed by atoms with Gasteiger partial charge >= 0.3 is 0 Å². The Morgan fingerprint density at radius 3 is 2.73 bits per heavy atom. The van der Waals surface area contributed by atoms with Crippen LogP contribution in [0.25, 0.3) is 0 Å². The van der Waals surface area contributed by atoms with E-state index in [2.05, 4.69) is 9.36 Å². The molecule has 2 saturated heterocycles. The summed E-state index contributed by atoms with van der Waals surface area (Å²) >= 11 is 1.28. The van der Waals surface area contributed by atoms with E-state index in [4.69, 9.17) is 4.74 Å². The number of likely N-dealkylation sites (tertiary alicyclic amines) is 1. The van der Waals surface area contributed by atoms with E-state index >= 15 is 0 Å². The summed E-state index contributed by atoms with van der Waals surface area (Å²) in [5, 5.41) is 0.779. The van der Waals surface area contributed by atoms with Crippen LogP contribution in [0.15, 0.2) is 0 Å². The lowest BCUT2D eigenvalue weighted by Crippen LogP contribution is -2.56. The fraction of sp³-hybridized carbons (Fsp3) is 0.769. The zero-order valence-corrected chi connectivity index (χ0v) is 13.1. The summed E-state index contributed by atoms with van der Waals surface area (Å²) in [6, 6.07) is 0. The third kappa shape index (κ3) is 3.19. The highest BCUT2D eigenvalue weighted by Gasteiger charge is 2.41. The number of carbonyl (C=O) groups excluding carboxylic acids is 1. The Hall–Kier alpha value is -1.35. The molecule has 3 rings (SSSR count). The van der Waals surface area contributed by atoms with Crippen LogP contribution in [0.3, 0.4) is 0 Å². The van der Waals surface area contributed by atoms with Gasteiger partial charge in [0, 0.05) is 57.7 Å². The number of ether oxygens (including phenoxy) is 1. The third-order valence-corrected chi connectivity index (χ3v) is 4.85. The quantitative estimate of drug-likeness (QED) is 0.834. The maximum atomic E-state index is 13.1. The second-order valence-electron chi connectivity index (χ2n) is 5.71. The summed E-state index contributed by atoms with van der Waals surface area (Å²) in [7, 11) is 1.58. The Kier molecular flexibility index (Phi) is 4.26. The average Bonchev–Trinajstić information content (AvgIpc) is 2.85. The fourth-order valence-electron chi connectivity index (χ4n) is 2.66. The van der Waals surface area contributed by atoms with Crippen molar-refractivity contribution in [2.75, 3.05) is 38.2 Å². The molecule has 22 heavy (non-hydrogen) atoms. The first-order chi connectivity index (χ1) is 10.5. The highest BCUT2D eigenvalue weighted by molar-refractivity contribution is 7.09. The van der Waals surface area contributed by atoms with E-state index in [-0.39, 0.29) is 37.8 Å². The average molecular weight is 332 g/mol. The normalized spacial score (nSPS) is 21.8. The Balaban J connectivity index is 1.49. The van der Waals surface area contributed by atoms with Gasteiger partial charge in [-0.05, 0) is 0 Å². The van der Waals surface area contributed by atoms with Gasteiger partial charge in [-0.3, -0.25) is 4.79 Å². The number of carbonyl (C=O) groups is 1. The maximum Gasteiger partial charge on any atom is 0.251 e. The number of halogens is 2. The first kappa shape index (κ1) is 15.5. The smallest absolute Gasteiger partial charge is 0.251 e. The van der Waals surface area contributed by atoms with Gasteiger partial charge < -0.3 is 14.5 Å². The molecule has 9 heteroatoms. The van der Waals surface area contributed by atoms with Crippen molar-refractivity contribution in [2.45, 2.75) is 25.4 Å². The monoisotopic (exact) mass is 332 g/mol. The first-order valence-electron chi connectivity index (χ1n) is 7.21. The van der Waals surface area contributed by atoms with Gasteiger partial charge in [0.05, 0.1) is 5.92 Å². The maximum absolute atomic E-state index is 13.1. The molecule has 0 aliphatic carbocycles. The van der Waals surface area contributed by atoms with E-state index in [1.807, 2.05) is 4.90 Å². The number of amides is 1. The van der Waals surface area contributed by atoms with E-state index in [1.54, 1.807) is 12.0 Å². The Bertz CT molecular complexity index is 538. The van der Waals surface area contributed by atoms with Crippen molar-refractivity contribution in [3.8, 4) is 0 Å². The van der Waals surface area contributed by atoms with Crippen LogP contribution in [0.1, 0.15) is 18.7 Å². The topological polar surface area (TPSA) is 58.6 Å². The molecular formula is C13H18F2N4O2S. The molecule has 1 aromatic rings. The summed E-state index contributed by atoms with van der Waals surface area (Å²) in [6.07, 6.45) is -0.460. The van der Waals surface area contributed by atoms with E-state index in [0.717, 1.165) is 5.13 Å². The van der Waals surface area contributed by atoms with Gasteiger partial charge in [-0.15, -0.1) is 0 Å². The standard InChI is InChI=1S/C13H18F2N4O2S/c1-21-8-10-16-12(22-17-10)19-6-9(7-19)11(20)18-4-2-13(14,15)3-5-18/h9H,2-8H2,1H3. The first-order valence-corrected chi connectivity index (χ1v) is 7.99. The molecule has 2 fully saturated rings. The summed E-state index contributed by atoms with van der Waals surface area (Å²) in [6.45, 7) is 1.83. The molecule has 0 atom stereocenters. The molecule has 0 spiro atoms. The van der Waals surface area contributed by atoms with E-state index < -0.39 is 5.92 Å². The van der Waals surface area contributed by atoms with Crippen LogP contribution in [0.4, 0.5) is 13.9 Å². The zero-order chi connectivity index (χ0) is 15.7. The second kappa shape index (κ2) is 6.04. The van der Waals surface area contributed by atoms with Crippen molar-refractivity contribution in [1.82, 2.24) is 14.3 Å². The van der Waals surface area contributed by atoms with Gasteiger partial charge in [-0.2, -0.15) is 4.37 Å². The van der Waals surface area contributed by atoms with Gasteiger partial charge in [-0.1, -0.05) is 0 Å². The number of alkyl halides is 2. The molecular weight excluding hydrogens is 314 g/mol.